The maximum Gasteiger partial charge on any atom is 0.141 e. The Kier molecular flexibility index (Phi) is 2.19. The quantitative estimate of drug-likeness (QED) is 0.537. The fourth-order valence-corrected chi connectivity index (χ4v) is 3.05. The van der Waals surface area contributed by atoms with E-state index in [-0.39, 0.29) is 5.82 Å². The second kappa shape index (κ2) is 3.90. The number of hydrogen-bond donors (Lipinski definition) is 1. The van der Waals surface area contributed by atoms with Crippen molar-refractivity contribution in [2.24, 2.45) is 0 Å². The van der Waals surface area contributed by atoms with Crippen molar-refractivity contribution < 1.29 is 4.39 Å². The third-order valence-corrected chi connectivity index (χ3v) is 4.07. The SMILES string of the molecule is Fc1cc2ccsc2cc1-c1nc2ccccc2[nH]1. The third kappa shape index (κ3) is 1.64. The van der Waals surface area contributed by atoms with Crippen LogP contribution < -0.4 is 0 Å². The lowest BCUT2D eigenvalue weighted by Crippen LogP contribution is -1.85. The van der Waals surface area contributed by atoms with Gasteiger partial charge in [-0.25, -0.2) is 9.37 Å². The van der Waals surface area contributed by atoms with Crippen molar-refractivity contribution in [3.63, 3.8) is 0 Å². The van der Waals surface area contributed by atoms with Crippen molar-refractivity contribution in [2.45, 2.75) is 0 Å². The van der Waals surface area contributed by atoms with Gasteiger partial charge in [0.2, 0.25) is 0 Å². The van der Waals surface area contributed by atoms with Crippen molar-refractivity contribution >= 4 is 32.5 Å². The van der Waals surface area contributed by atoms with Gasteiger partial charge in [-0.15, -0.1) is 11.3 Å². The average molecular weight is 268 g/mol. The van der Waals surface area contributed by atoms with E-state index in [1.54, 1.807) is 17.4 Å². The van der Waals surface area contributed by atoms with Gasteiger partial charge in [0.05, 0.1) is 16.6 Å². The second-order valence-corrected chi connectivity index (χ2v) is 5.34. The van der Waals surface area contributed by atoms with Crippen LogP contribution in [0.2, 0.25) is 0 Å². The lowest BCUT2D eigenvalue weighted by Gasteiger charge is -1.99. The highest BCUT2D eigenvalue weighted by molar-refractivity contribution is 7.17. The van der Waals surface area contributed by atoms with Crippen molar-refractivity contribution in [1.29, 1.82) is 0 Å². The molecule has 4 heteroatoms. The molecule has 1 N–H and O–H groups in total. The Morgan fingerprint density at radius 3 is 2.89 bits per heavy atom. The number of nitrogens with one attached hydrogen (secondary N) is 1. The lowest BCUT2D eigenvalue weighted by atomic mass is 10.1. The molecule has 0 saturated heterocycles. The van der Waals surface area contributed by atoms with Gasteiger partial charge < -0.3 is 4.98 Å². The summed E-state index contributed by atoms with van der Waals surface area (Å²) in [6, 6.07) is 13.0. The first-order valence-electron chi connectivity index (χ1n) is 5.93. The highest BCUT2D eigenvalue weighted by Gasteiger charge is 2.11. The van der Waals surface area contributed by atoms with Crippen molar-refractivity contribution in [1.82, 2.24) is 9.97 Å². The summed E-state index contributed by atoms with van der Waals surface area (Å²) in [7, 11) is 0. The van der Waals surface area contributed by atoms with Gasteiger partial charge in [-0.2, -0.15) is 0 Å². The summed E-state index contributed by atoms with van der Waals surface area (Å²) in [6.45, 7) is 0. The molecule has 0 unspecified atom stereocenters. The molecular formula is C15H9FN2S. The average Bonchev–Trinajstić information content (AvgIpc) is 3.02. The first kappa shape index (κ1) is 10.7. The lowest BCUT2D eigenvalue weighted by molar-refractivity contribution is 0.632. The Morgan fingerprint density at radius 1 is 1.11 bits per heavy atom. The van der Waals surface area contributed by atoms with Crippen LogP contribution >= 0.6 is 11.3 Å². The highest BCUT2D eigenvalue weighted by Crippen LogP contribution is 2.30. The molecule has 0 aliphatic heterocycles. The Labute approximate surface area is 112 Å². The largest absolute Gasteiger partial charge is 0.338 e. The first-order chi connectivity index (χ1) is 9.31. The maximum absolute atomic E-state index is 14.2. The molecule has 2 aromatic heterocycles. The number of benzene rings is 2. The third-order valence-electron chi connectivity index (χ3n) is 3.19. The van der Waals surface area contributed by atoms with Gasteiger partial charge in [-0.3, -0.25) is 0 Å². The topological polar surface area (TPSA) is 28.7 Å². The summed E-state index contributed by atoms with van der Waals surface area (Å²) in [4.78, 5) is 7.61. The molecule has 0 fully saturated rings. The number of imidazole rings is 1. The van der Waals surface area contributed by atoms with E-state index < -0.39 is 0 Å². The predicted molar refractivity (Wildman–Crippen MR) is 76.9 cm³/mol. The zero-order valence-corrected chi connectivity index (χ0v) is 10.7. The van der Waals surface area contributed by atoms with E-state index in [4.69, 9.17) is 0 Å². The molecule has 4 rings (SSSR count). The number of halogens is 1. The molecule has 0 aliphatic carbocycles. The second-order valence-electron chi connectivity index (χ2n) is 4.39. The summed E-state index contributed by atoms with van der Waals surface area (Å²) in [5, 5.41) is 2.90. The van der Waals surface area contributed by atoms with Crippen molar-refractivity contribution in [3.8, 4) is 11.4 Å². The fraction of sp³-hybridized carbons (Fsp3) is 0. The van der Waals surface area contributed by atoms with E-state index in [2.05, 4.69) is 9.97 Å². The Morgan fingerprint density at radius 2 is 2.00 bits per heavy atom. The molecule has 2 nitrogen and oxygen atoms in total. The van der Waals surface area contributed by atoms with Gasteiger partial charge >= 0.3 is 0 Å². The molecule has 2 aromatic carbocycles. The van der Waals surface area contributed by atoms with Crippen LogP contribution in [0.3, 0.4) is 0 Å². The van der Waals surface area contributed by atoms with Gasteiger partial charge in [-0.1, -0.05) is 12.1 Å². The van der Waals surface area contributed by atoms with E-state index in [0.29, 0.717) is 11.4 Å². The number of rotatable bonds is 1. The molecule has 0 bridgehead atoms. The molecule has 2 heterocycles. The van der Waals surface area contributed by atoms with Crippen LogP contribution in [0.25, 0.3) is 32.5 Å². The molecule has 0 saturated carbocycles. The van der Waals surface area contributed by atoms with Crippen LogP contribution in [0, 0.1) is 5.82 Å². The molecule has 92 valence electrons. The number of nitrogens with zero attached hydrogens (tertiary/aromatic N) is 1. The summed E-state index contributed by atoms with van der Waals surface area (Å²) in [5.41, 5.74) is 2.29. The van der Waals surface area contributed by atoms with Crippen LogP contribution in [0.4, 0.5) is 4.39 Å². The van der Waals surface area contributed by atoms with Gasteiger partial charge in [0.15, 0.2) is 0 Å². The monoisotopic (exact) mass is 268 g/mol. The van der Waals surface area contributed by atoms with E-state index in [1.165, 1.54) is 0 Å². The van der Waals surface area contributed by atoms with E-state index in [1.807, 2.05) is 41.8 Å². The molecular weight excluding hydrogens is 259 g/mol. The van der Waals surface area contributed by atoms with Gasteiger partial charge in [-0.05, 0) is 41.1 Å². The number of thiophene rings is 1. The number of H-pyrrole nitrogens is 1. The number of fused-ring (bicyclic) bond motifs is 2. The van der Waals surface area contributed by atoms with Gasteiger partial charge in [0.25, 0.3) is 0 Å². The van der Waals surface area contributed by atoms with Crippen LogP contribution in [0.15, 0.2) is 47.8 Å². The van der Waals surface area contributed by atoms with Gasteiger partial charge in [0.1, 0.15) is 11.6 Å². The van der Waals surface area contributed by atoms with E-state index >= 15 is 0 Å². The van der Waals surface area contributed by atoms with Crippen LogP contribution in [-0.4, -0.2) is 9.97 Å². The smallest absolute Gasteiger partial charge is 0.141 e. The summed E-state index contributed by atoms with van der Waals surface area (Å²) in [5.74, 6) is 0.332. The van der Waals surface area contributed by atoms with Crippen molar-refractivity contribution in [2.75, 3.05) is 0 Å². The van der Waals surface area contributed by atoms with Gasteiger partial charge in [0, 0.05) is 4.70 Å². The number of aromatic amines is 1. The molecule has 19 heavy (non-hydrogen) atoms. The van der Waals surface area contributed by atoms with E-state index in [0.717, 1.165) is 21.1 Å². The molecule has 0 atom stereocenters. The molecule has 0 spiro atoms. The highest BCUT2D eigenvalue weighted by atomic mass is 32.1. The van der Waals surface area contributed by atoms with Crippen LogP contribution in [-0.2, 0) is 0 Å². The Hall–Kier alpha value is -2.20. The Bertz CT molecular complexity index is 858. The minimum atomic E-state index is -0.245. The minimum Gasteiger partial charge on any atom is -0.338 e. The van der Waals surface area contributed by atoms with E-state index in [9.17, 15) is 4.39 Å². The first-order valence-corrected chi connectivity index (χ1v) is 6.81. The molecule has 4 aromatic rings. The standard InChI is InChI=1S/C15H9FN2S/c16-11-7-9-5-6-19-14(9)8-10(11)15-17-12-3-1-2-4-13(12)18-15/h1-8H,(H,17,18). The van der Waals surface area contributed by atoms with Crippen LogP contribution in [0.5, 0.6) is 0 Å². The molecule has 0 radical (unpaired) electrons. The minimum absolute atomic E-state index is 0.245. The van der Waals surface area contributed by atoms with Crippen molar-refractivity contribution in [3.05, 3.63) is 53.7 Å². The maximum atomic E-state index is 14.2. The number of para-hydroxylation sites is 2. The zero-order valence-electron chi connectivity index (χ0n) is 9.85. The summed E-state index contributed by atoms with van der Waals surface area (Å²) >= 11 is 1.60. The zero-order chi connectivity index (χ0) is 12.8. The fourth-order valence-electron chi connectivity index (χ4n) is 2.24. The predicted octanol–water partition coefficient (Wildman–Crippen LogP) is 4.58. The summed E-state index contributed by atoms with van der Waals surface area (Å²) < 4.78 is 15.2. The summed E-state index contributed by atoms with van der Waals surface area (Å²) in [6.07, 6.45) is 0. The normalized spacial score (nSPS) is 11.4. The number of aromatic nitrogens is 2. The van der Waals surface area contributed by atoms with Crippen LogP contribution in [0.1, 0.15) is 0 Å². The Balaban J connectivity index is 1.99. The number of hydrogen-bond acceptors (Lipinski definition) is 2. The molecule has 0 amide bonds. The molecule has 0 aliphatic rings.